The number of aromatic nitrogens is 3. The third-order valence-electron chi connectivity index (χ3n) is 5.03. The molecule has 0 saturated heterocycles. The summed E-state index contributed by atoms with van der Waals surface area (Å²) in [6.07, 6.45) is 6.08. The van der Waals surface area contributed by atoms with Gasteiger partial charge >= 0.3 is 5.97 Å². The van der Waals surface area contributed by atoms with Crippen molar-refractivity contribution in [3.63, 3.8) is 0 Å². The summed E-state index contributed by atoms with van der Waals surface area (Å²) in [4.78, 5) is 16.9. The third-order valence-corrected chi connectivity index (χ3v) is 5.03. The zero-order valence-electron chi connectivity index (χ0n) is 15.0. The minimum Gasteiger partial charge on any atom is -0.461 e. The maximum atomic E-state index is 12.1. The lowest BCUT2D eigenvalue weighted by Gasteiger charge is -2.23. The van der Waals surface area contributed by atoms with Gasteiger partial charge in [-0.15, -0.1) is 0 Å². The number of ether oxygens (including phenoxy) is 1. The maximum Gasteiger partial charge on any atom is 0.358 e. The van der Waals surface area contributed by atoms with Crippen LogP contribution in [-0.4, -0.2) is 27.2 Å². The monoisotopic (exact) mass is 349 g/mol. The molecule has 0 atom stereocenters. The number of carbonyl (C=O) groups is 1. The Morgan fingerprint density at radius 2 is 1.92 bits per heavy atom. The van der Waals surface area contributed by atoms with E-state index in [-0.39, 0.29) is 0 Å². The van der Waals surface area contributed by atoms with Gasteiger partial charge in [0.25, 0.3) is 0 Å². The van der Waals surface area contributed by atoms with Crippen molar-refractivity contribution in [1.29, 1.82) is 0 Å². The van der Waals surface area contributed by atoms with Gasteiger partial charge in [0.15, 0.2) is 11.3 Å². The highest BCUT2D eigenvalue weighted by molar-refractivity contribution is 5.88. The van der Waals surface area contributed by atoms with Crippen molar-refractivity contribution in [2.75, 3.05) is 6.61 Å². The molecule has 5 heteroatoms. The van der Waals surface area contributed by atoms with Crippen LogP contribution in [0.5, 0.6) is 0 Å². The Kier molecular flexibility index (Phi) is 4.69. The number of hydrogen-bond donors (Lipinski definition) is 0. The quantitative estimate of drug-likeness (QED) is 0.645. The van der Waals surface area contributed by atoms with Gasteiger partial charge in [-0.25, -0.2) is 14.3 Å². The van der Waals surface area contributed by atoms with Gasteiger partial charge in [0, 0.05) is 23.2 Å². The summed E-state index contributed by atoms with van der Waals surface area (Å²) in [7, 11) is 0. The maximum absolute atomic E-state index is 12.1. The minimum atomic E-state index is -0.395. The molecule has 5 nitrogen and oxygen atoms in total. The number of nitrogens with zero attached hydrogens (tertiary/aromatic N) is 3. The van der Waals surface area contributed by atoms with Crippen molar-refractivity contribution in [1.82, 2.24) is 14.6 Å². The largest absolute Gasteiger partial charge is 0.461 e. The molecule has 1 aliphatic rings. The van der Waals surface area contributed by atoms with Crippen molar-refractivity contribution >= 4 is 11.6 Å². The molecule has 0 aliphatic heterocycles. The molecule has 2 heterocycles. The number of hydrogen-bond acceptors (Lipinski definition) is 4. The van der Waals surface area contributed by atoms with Gasteiger partial charge in [0.2, 0.25) is 0 Å². The van der Waals surface area contributed by atoms with Crippen LogP contribution >= 0.6 is 0 Å². The van der Waals surface area contributed by atoms with Crippen molar-refractivity contribution in [2.24, 2.45) is 0 Å². The van der Waals surface area contributed by atoms with Crippen LogP contribution in [0.1, 0.15) is 61.1 Å². The number of fused-ring (bicyclic) bond motifs is 1. The highest BCUT2D eigenvalue weighted by Crippen LogP contribution is 2.34. The van der Waals surface area contributed by atoms with Crippen molar-refractivity contribution in [2.45, 2.75) is 44.9 Å². The van der Waals surface area contributed by atoms with Crippen LogP contribution in [0.25, 0.3) is 16.9 Å². The standard InChI is InChI=1S/C21H23N3O2/c1-2-26-21(25)18-14-20-22-17(15-9-5-3-6-10-15)13-19(24(20)23-18)16-11-7-4-8-12-16/h3,5-6,9-10,13-14,16H,2,4,7-8,11-12H2,1H3. The smallest absolute Gasteiger partial charge is 0.358 e. The van der Waals surface area contributed by atoms with Gasteiger partial charge in [0.1, 0.15) is 0 Å². The highest BCUT2D eigenvalue weighted by atomic mass is 16.5. The van der Waals surface area contributed by atoms with Crippen LogP contribution in [0.15, 0.2) is 42.5 Å². The van der Waals surface area contributed by atoms with E-state index >= 15 is 0 Å². The lowest BCUT2D eigenvalue weighted by atomic mass is 9.86. The second-order valence-electron chi connectivity index (χ2n) is 6.79. The number of esters is 1. The SMILES string of the molecule is CCOC(=O)c1cc2nc(-c3ccccc3)cc(C3CCCCC3)n2n1. The Labute approximate surface area is 153 Å². The first-order chi connectivity index (χ1) is 12.8. The average molecular weight is 349 g/mol. The Balaban J connectivity index is 1.85. The molecular formula is C21H23N3O2. The predicted molar refractivity (Wildman–Crippen MR) is 100 cm³/mol. The van der Waals surface area contributed by atoms with E-state index in [1.807, 2.05) is 22.7 Å². The van der Waals surface area contributed by atoms with Crippen molar-refractivity contribution < 1.29 is 9.53 Å². The van der Waals surface area contributed by atoms with E-state index in [0.717, 1.165) is 29.8 Å². The van der Waals surface area contributed by atoms with Crippen LogP contribution in [0.3, 0.4) is 0 Å². The summed E-state index contributed by atoms with van der Waals surface area (Å²) >= 11 is 0. The van der Waals surface area contributed by atoms with E-state index in [4.69, 9.17) is 9.72 Å². The molecule has 1 aromatic carbocycles. The van der Waals surface area contributed by atoms with E-state index in [2.05, 4.69) is 23.3 Å². The number of benzene rings is 1. The Morgan fingerprint density at radius 3 is 2.65 bits per heavy atom. The summed E-state index contributed by atoms with van der Waals surface area (Å²) in [6, 6.07) is 14.0. The van der Waals surface area contributed by atoms with E-state index in [1.165, 1.54) is 19.3 Å². The van der Waals surface area contributed by atoms with Gasteiger partial charge in [-0.05, 0) is 25.8 Å². The first-order valence-electron chi connectivity index (χ1n) is 9.39. The van der Waals surface area contributed by atoms with Gasteiger partial charge in [0.05, 0.1) is 12.3 Å². The summed E-state index contributed by atoms with van der Waals surface area (Å²) in [5.41, 5.74) is 4.17. The fourth-order valence-electron chi connectivity index (χ4n) is 3.75. The van der Waals surface area contributed by atoms with E-state index in [9.17, 15) is 4.79 Å². The lowest BCUT2D eigenvalue weighted by Crippen LogP contribution is -2.12. The van der Waals surface area contributed by atoms with Crippen molar-refractivity contribution in [3.8, 4) is 11.3 Å². The average Bonchev–Trinajstić information content (AvgIpc) is 3.13. The lowest BCUT2D eigenvalue weighted by molar-refractivity contribution is 0.0519. The molecule has 0 radical (unpaired) electrons. The third kappa shape index (κ3) is 3.21. The first kappa shape index (κ1) is 16.8. The summed E-state index contributed by atoms with van der Waals surface area (Å²) < 4.78 is 6.96. The molecule has 0 bridgehead atoms. The summed E-state index contributed by atoms with van der Waals surface area (Å²) in [6.45, 7) is 2.14. The fraction of sp³-hybridized carbons (Fsp3) is 0.381. The molecule has 0 spiro atoms. The van der Waals surface area contributed by atoms with Gasteiger partial charge in [-0.2, -0.15) is 5.10 Å². The Morgan fingerprint density at radius 1 is 1.15 bits per heavy atom. The molecule has 134 valence electrons. The second-order valence-corrected chi connectivity index (χ2v) is 6.79. The molecular weight excluding hydrogens is 326 g/mol. The minimum absolute atomic E-state index is 0.321. The van der Waals surface area contributed by atoms with Gasteiger partial charge in [-0.3, -0.25) is 0 Å². The molecule has 1 fully saturated rings. The zero-order valence-corrected chi connectivity index (χ0v) is 15.0. The molecule has 3 aromatic rings. The molecule has 26 heavy (non-hydrogen) atoms. The summed E-state index contributed by atoms with van der Waals surface area (Å²) in [5, 5.41) is 4.52. The van der Waals surface area contributed by atoms with E-state index in [1.54, 1.807) is 13.0 Å². The van der Waals surface area contributed by atoms with Crippen LogP contribution in [-0.2, 0) is 4.74 Å². The fourth-order valence-corrected chi connectivity index (χ4v) is 3.75. The molecule has 0 N–H and O–H groups in total. The van der Waals surface area contributed by atoms with Crippen LogP contribution in [0.2, 0.25) is 0 Å². The predicted octanol–water partition coefficient (Wildman–Crippen LogP) is 4.62. The van der Waals surface area contributed by atoms with Gasteiger partial charge < -0.3 is 4.74 Å². The number of carbonyl (C=O) groups excluding carboxylic acids is 1. The topological polar surface area (TPSA) is 56.5 Å². The van der Waals surface area contributed by atoms with E-state index in [0.29, 0.717) is 23.9 Å². The second kappa shape index (κ2) is 7.28. The van der Waals surface area contributed by atoms with E-state index < -0.39 is 5.97 Å². The molecule has 1 saturated carbocycles. The molecule has 1 aliphatic carbocycles. The van der Waals surface area contributed by atoms with Crippen LogP contribution in [0.4, 0.5) is 0 Å². The van der Waals surface area contributed by atoms with Crippen molar-refractivity contribution in [3.05, 3.63) is 53.9 Å². The molecule has 2 aromatic heterocycles. The zero-order chi connectivity index (χ0) is 17.9. The van der Waals surface area contributed by atoms with Crippen LogP contribution in [0, 0.1) is 0 Å². The number of rotatable bonds is 4. The molecule has 0 unspecified atom stereocenters. The summed E-state index contributed by atoms with van der Waals surface area (Å²) in [5.74, 6) is 0.0560. The molecule has 4 rings (SSSR count). The van der Waals surface area contributed by atoms with Gasteiger partial charge in [-0.1, -0.05) is 49.6 Å². The molecule has 0 amide bonds. The highest BCUT2D eigenvalue weighted by Gasteiger charge is 2.22. The normalized spacial score (nSPS) is 15.3. The van der Waals surface area contributed by atoms with Crippen LogP contribution < -0.4 is 0 Å². The first-order valence-corrected chi connectivity index (χ1v) is 9.39. The Bertz CT molecular complexity index is 912. The Hall–Kier alpha value is -2.69.